The van der Waals surface area contributed by atoms with Crippen LogP contribution in [-0.2, 0) is 9.53 Å². The van der Waals surface area contributed by atoms with Crippen LogP contribution in [0.25, 0.3) is 0 Å². The maximum atomic E-state index is 11.3. The summed E-state index contributed by atoms with van der Waals surface area (Å²) < 4.78 is 4.89. The second-order valence-corrected chi connectivity index (χ2v) is 4.51. The van der Waals surface area contributed by atoms with Gasteiger partial charge in [-0.2, -0.15) is 0 Å². The maximum Gasteiger partial charge on any atom is 0.311 e. The Morgan fingerprint density at radius 3 is 2.75 bits per heavy atom. The lowest BCUT2D eigenvalue weighted by atomic mass is 10.3. The van der Waals surface area contributed by atoms with Gasteiger partial charge in [-0.1, -0.05) is 11.8 Å². The van der Waals surface area contributed by atoms with Crippen molar-refractivity contribution in [3.05, 3.63) is 21.3 Å². The highest BCUT2D eigenvalue weighted by Gasteiger charge is 2.22. The van der Waals surface area contributed by atoms with Crippen molar-refractivity contribution in [3.63, 3.8) is 0 Å². The molecule has 0 spiro atoms. The molecule has 0 fully saturated rings. The number of hydrogen-bond donors (Lipinski definition) is 3. The second kappa shape index (κ2) is 5.81. The fourth-order valence-electron chi connectivity index (χ4n) is 1.21. The summed E-state index contributed by atoms with van der Waals surface area (Å²) in [6, 6.07) is 0. The zero-order valence-electron chi connectivity index (χ0n) is 9.72. The molecule has 1 rings (SSSR count). The first-order valence-electron chi connectivity index (χ1n) is 5.06. The second-order valence-electron chi connectivity index (χ2n) is 3.49. The van der Waals surface area contributed by atoms with Crippen LogP contribution in [0.4, 0.5) is 0 Å². The predicted molar refractivity (Wildman–Crippen MR) is 64.7 cm³/mol. The van der Waals surface area contributed by atoms with E-state index < -0.39 is 0 Å². The van der Waals surface area contributed by atoms with Crippen LogP contribution in [0.3, 0.4) is 0 Å². The molecule has 0 aliphatic carbocycles. The average Bonchev–Trinajstić information content (AvgIpc) is 2.61. The number of rotatable bonds is 4. The maximum absolute atomic E-state index is 11.3. The fourth-order valence-corrected chi connectivity index (χ4v) is 2.10. The van der Waals surface area contributed by atoms with Crippen LogP contribution in [0.15, 0.2) is 21.3 Å². The predicted octanol–water partition coefficient (Wildman–Crippen LogP) is 1.16. The van der Waals surface area contributed by atoms with E-state index in [0.717, 1.165) is 21.3 Å². The van der Waals surface area contributed by atoms with E-state index in [0.29, 0.717) is 6.61 Å². The molecule has 90 valence electrons. The Balaban J connectivity index is 2.70. The molecule has 0 bridgehead atoms. The normalized spacial score (nSPS) is 14.9. The molecular formula is C10H17N3O2S. The van der Waals surface area contributed by atoms with Crippen molar-refractivity contribution in [1.82, 2.24) is 10.7 Å². The Bertz CT molecular complexity index is 346. The van der Waals surface area contributed by atoms with E-state index in [1.165, 1.54) is 11.8 Å². The lowest BCUT2D eigenvalue weighted by molar-refractivity contribution is -0.142. The van der Waals surface area contributed by atoms with Crippen LogP contribution in [-0.4, -0.2) is 12.6 Å². The van der Waals surface area contributed by atoms with Gasteiger partial charge in [0.05, 0.1) is 23.8 Å². The minimum atomic E-state index is -0.256. The molecule has 5 nitrogen and oxygen atoms in total. The molecule has 1 heterocycles. The van der Waals surface area contributed by atoms with Gasteiger partial charge in [-0.05, 0) is 26.3 Å². The topological polar surface area (TPSA) is 76.4 Å². The van der Waals surface area contributed by atoms with Crippen LogP contribution in [0.2, 0.25) is 0 Å². The molecule has 0 saturated heterocycles. The number of esters is 1. The summed E-state index contributed by atoms with van der Waals surface area (Å²) >= 11 is 1.49. The molecule has 0 aromatic heterocycles. The first-order valence-corrected chi connectivity index (χ1v) is 5.87. The third-order valence-corrected chi connectivity index (χ3v) is 3.24. The van der Waals surface area contributed by atoms with Gasteiger partial charge in [0.2, 0.25) is 0 Å². The van der Waals surface area contributed by atoms with E-state index in [9.17, 15) is 4.79 Å². The monoisotopic (exact) mass is 243 g/mol. The first-order chi connectivity index (χ1) is 7.58. The minimum Gasteiger partial charge on any atom is -0.466 e. The van der Waals surface area contributed by atoms with Gasteiger partial charge in [0.15, 0.2) is 0 Å². The number of allylic oxidation sites excluding steroid dienone is 1. The van der Waals surface area contributed by atoms with Crippen molar-refractivity contribution in [1.29, 1.82) is 0 Å². The number of ether oxygens (including phenoxy) is 1. The Labute approximate surface area is 99.4 Å². The van der Waals surface area contributed by atoms with Crippen LogP contribution in [0, 0.1) is 0 Å². The third kappa shape index (κ3) is 3.18. The van der Waals surface area contributed by atoms with Gasteiger partial charge in [-0.15, -0.1) is 0 Å². The van der Waals surface area contributed by atoms with Gasteiger partial charge in [-0.3, -0.25) is 4.79 Å². The molecule has 0 aromatic carbocycles. The minimum absolute atomic E-state index is 0.206. The summed E-state index contributed by atoms with van der Waals surface area (Å²) in [5, 5.41) is 4.93. The van der Waals surface area contributed by atoms with Crippen LogP contribution in [0.5, 0.6) is 0 Å². The zero-order valence-corrected chi connectivity index (χ0v) is 10.5. The summed E-state index contributed by atoms with van der Waals surface area (Å²) in [4.78, 5) is 11.3. The quantitative estimate of drug-likeness (QED) is 0.391. The lowest BCUT2D eigenvalue weighted by Crippen LogP contribution is -2.22. The molecular weight excluding hydrogens is 226 g/mol. The Hall–Kier alpha value is -1.14. The standard InChI is InChI=1S/C10H17N3O2S/c1-4-15-8(14)5-7-10(13-11)16-9(12-7)6(2)3/h12-13H,4-5,11H2,1-3H3. The first kappa shape index (κ1) is 12.9. The highest BCUT2D eigenvalue weighted by Crippen LogP contribution is 2.33. The van der Waals surface area contributed by atoms with Crippen molar-refractivity contribution >= 4 is 17.7 Å². The largest absolute Gasteiger partial charge is 0.466 e. The Morgan fingerprint density at radius 1 is 1.56 bits per heavy atom. The van der Waals surface area contributed by atoms with Gasteiger partial charge >= 0.3 is 5.97 Å². The van der Waals surface area contributed by atoms with Gasteiger partial charge < -0.3 is 15.5 Å². The molecule has 1 aliphatic heterocycles. The molecule has 0 aromatic rings. The molecule has 0 amide bonds. The Morgan fingerprint density at radius 2 is 2.25 bits per heavy atom. The van der Waals surface area contributed by atoms with E-state index in [-0.39, 0.29) is 12.4 Å². The number of nitrogens with two attached hydrogens (primary N) is 1. The summed E-state index contributed by atoms with van der Waals surface area (Å²) in [7, 11) is 0. The zero-order chi connectivity index (χ0) is 12.1. The number of hydrazine groups is 1. The van der Waals surface area contributed by atoms with E-state index >= 15 is 0 Å². The van der Waals surface area contributed by atoms with Crippen molar-refractivity contribution in [2.45, 2.75) is 27.2 Å². The molecule has 0 radical (unpaired) electrons. The van der Waals surface area contributed by atoms with Crippen LogP contribution < -0.4 is 16.6 Å². The Kier molecular flexibility index (Phi) is 4.70. The summed E-state index contributed by atoms with van der Waals surface area (Å²) in [6.07, 6.45) is 0.206. The lowest BCUT2D eigenvalue weighted by Gasteiger charge is -2.06. The van der Waals surface area contributed by atoms with E-state index in [1.54, 1.807) is 6.92 Å². The van der Waals surface area contributed by atoms with Gasteiger partial charge in [0.1, 0.15) is 5.03 Å². The van der Waals surface area contributed by atoms with E-state index in [4.69, 9.17) is 10.6 Å². The molecule has 16 heavy (non-hydrogen) atoms. The number of nitrogens with one attached hydrogen (secondary N) is 2. The number of carbonyl (C=O) groups is 1. The molecule has 0 unspecified atom stereocenters. The molecule has 4 N–H and O–H groups in total. The fraction of sp³-hybridized carbons (Fsp3) is 0.500. The van der Waals surface area contributed by atoms with Crippen molar-refractivity contribution in [3.8, 4) is 0 Å². The number of carbonyl (C=O) groups excluding carboxylic acids is 1. The average molecular weight is 243 g/mol. The molecule has 0 saturated carbocycles. The van der Waals surface area contributed by atoms with Gasteiger partial charge in [0.25, 0.3) is 0 Å². The van der Waals surface area contributed by atoms with Crippen LogP contribution in [0.1, 0.15) is 27.2 Å². The van der Waals surface area contributed by atoms with Crippen molar-refractivity contribution < 1.29 is 9.53 Å². The molecule has 6 heteroatoms. The summed E-state index contributed by atoms with van der Waals surface area (Å²) in [5.74, 6) is 5.14. The van der Waals surface area contributed by atoms with E-state index in [2.05, 4.69) is 10.7 Å². The summed E-state index contributed by atoms with van der Waals surface area (Å²) in [5.41, 5.74) is 4.50. The van der Waals surface area contributed by atoms with Crippen molar-refractivity contribution in [2.24, 2.45) is 5.84 Å². The van der Waals surface area contributed by atoms with Crippen LogP contribution >= 0.6 is 11.8 Å². The van der Waals surface area contributed by atoms with Gasteiger partial charge in [-0.25, -0.2) is 5.84 Å². The van der Waals surface area contributed by atoms with Gasteiger partial charge in [0, 0.05) is 0 Å². The highest BCUT2D eigenvalue weighted by atomic mass is 32.2. The number of hydrogen-bond acceptors (Lipinski definition) is 6. The molecule has 1 aliphatic rings. The summed E-state index contributed by atoms with van der Waals surface area (Å²) in [6.45, 7) is 6.17. The van der Waals surface area contributed by atoms with E-state index in [1.807, 2.05) is 13.8 Å². The molecule has 0 atom stereocenters. The SMILES string of the molecule is CCOC(=O)CC1=C(NN)SC(=C(C)C)N1. The number of thioether (sulfide) groups is 1. The highest BCUT2D eigenvalue weighted by molar-refractivity contribution is 8.06. The smallest absolute Gasteiger partial charge is 0.311 e. The third-order valence-electron chi connectivity index (χ3n) is 1.95. The van der Waals surface area contributed by atoms with Crippen molar-refractivity contribution in [2.75, 3.05) is 6.61 Å².